The molecule has 0 atom stereocenters. The van der Waals surface area contributed by atoms with Gasteiger partial charge in [0.2, 0.25) is 15.0 Å². The molecule has 1 fully saturated rings. The molecule has 0 N–H and O–H groups in total. The second kappa shape index (κ2) is 10.6. The lowest BCUT2D eigenvalue weighted by molar-refractivity contribution is 0.0683. The first-order valence-corrected chi connectivity index (χ1v) is 13.7. The third kappa shape index (κ3) is 5.41. The zero-order valence-electron chi connectivity index (χ0n) is 19.9. The number of hydrogen-bond donors (Lipinski definition) is 0. The van der Waals surface area contributed by atoms with Gasteiger partial charge in [-0.05, 0) is 44.4 Å². The maximum Gasteiger partial charge on any atom is 0.254 e. The van der Waals surface area contributed by atoms with Crippen molar-refractivity contribution in [1.82, 2.24) is 14.5 Å². The van der Waals surface area contributed by atoms with Crippen molar-refractivity contribution in [3.8, 4) is 0 Å². The minimum atomic E-state index is -3.65. The molecule has 0 unspecified atom stereocenters. The summed E-state index contributed by atoms with van der Waals surface area (Å²) in [5.41, 5.74) is 2.14. The highest BCUT2D eigenvalue weighted by Crippen LogP contribution is 2.33. The molecule has 3 aromatic rings. The molecule has 4 rings (SSSR count). The van der Waals surface area contributed by atoms with Gasteiger partial charge in [0.1, 0.15) is 0 Å². The molecular weight excluding hydrogens is 446 g/mol. The van der Waals surface area contributed by atoms with Crippen LogP contribution in [0.1, 0.15) is 73.6 Å². The van der Waals surface area contributed by atoms with E-state index in [9.17, 15) is 13.2 Å². The Morgan fingerprint density at radius 1 is 1.00 bits per heavy atom. The Kier molecular flexibility index (Phi) is 7.51. The Balaban J connectivity index is 1.71. The third-order valence-corrected chi connectivity index (χ3v) is 8.07. The molecule has 34 heavy (non-hydrogen) atoms. The van der Waals surface area contributed by atoms with Gasteiger partial charge >= 0.3 is 0 Å². The Morgan fingerprint density at radius 2 is 1.62 bits per heavy atom. The van der Waals surface area contributed by atoms with Crippen LogP contribution >= 0.6 is 0 Å². The number of sulfone groups is 1. The number of aromatic nitrogens is 2. The van der Waals surface area contributed by atoms with Crippen LogP contribution in [0.15, 0.2) is 72.0 Å². The molecule has 0 radical (unpaired) electrons. The standard InChI is InChI=1S/C27H33N3O3S/c1-21(2)29(26(31)23-14-8-4-9-15-23)19-25-18-28-27(30(25)24-16-10-5-11-17-24)34(32,33)20-22-12-6-3-7-13-22/h3-4,6-9,12-15,18,21,24H,5,10-11,16-17,19-20H2,1-2H3. The Hall–Kier alpha value is -2.93. The summed E-state index contributed by atoms with van der Waals surface area (Å²) < 4.78 is 28.9. The highest BCUT2D eigenvalue weighted by molar-refractivity contribution is 7.90. The molecule has 2 aromatic carbocycles. The van der Waals surface area contributed by atoms with Crippen LogP contribution in [-0.4, -0.2) is 34.8 Å². The quantitative estimate of drug-likeness (QED) is 0.433. The summed E-state index contributed by atoms with van der Waals surface area (Å²) in [7, 11) is -3.65. The Labute approximate surface area is 202 Å². The van der Waals surface area contributed by atoms with E-state index in [1.54, 1.807) is 11.1 Å². The van der Waals surface area contributed by atoms with Gasteiger partial charge in [0.25, 0.3) is 5.91 Å². The maximum atomic E-state index is 13.5. The van der Waals surface area contributed by atoms with Crippen molar-refractivity contribution >= 4 is 15.7 Å². The second-order valence-electron chi connectivity index (χ2n) is 9.33. The van der Waals surface area contributed by atoms with E-state index in [-0.39, 0.29) is 28.9 Å². The molecule has 1 aliphatic carbocycles. The first kappa shape index (κ1) is 24.2. The van der Waals surface area contributed by atoms with Crippen LogP contribution in [-0.2, 0) is 22.1 Å². The number of nitrogens with zero attached hydrogens (tertiary/aromatic N) is 3. The van der Waals surface area contributed by atoms with Crippen molar-refractivity contribution in [2.75, 3.05) is 0 Å². The summed E-state index contributed by atoms with van der Waals surface area (Å²) in [5.74, 6) is -0.158. The SMILES string of the molecule is CC(C)N(Cc1cnc(S(=O)(=O)Cc2ccccc2)n1C1CCCCC1)C(=O)c1ccccc1. The van der Waals surface area contributed by atoms with E-state index in [2.05, 4.69) is 4.98 Å². The van der Waals surface area contributed by atoms with Crippen LogP contribution < -0.4 is 0 Å². The van der Waals surface area contributed by atoms with Gasteiger partial charge in [-0.25, -0.2) is 13.4 Å². The van der Waals surface area contributed by atoms with Gasteiger partial charge in [-0.1, -0.05) is 67.8 Å². The largest absolute Gasteiger partial charge is 0.330 e. The van der Waals surface area contributed by atoms with E-state index in [0.717, 1.165) is 43.4 Å². The van der Waals surface area contributed by atoms with Gasteiger partial charge in [0.15, 0.2) is 0 Å². The van der Waals surface area contributed by atoms with Gasteiger partial charge in [0, 0.05) is 17.6 Å². The van der Waals surface area contributed by atoms with Crippen molar-refractivity contribution in [2.45, 2.75) is 75.5 Å². The number of rotatable bonds is 8. The van der Waals surface area contributed by atoms with E-state index in [1.165, 1.54) is 0 Å². The first-order valence-electron chi connectivity index (χ1n) is 12.1. The predicted octanol–water partition coefficient (Wildman–Crippen LogP) is 5.41. The molecule has 1 amide bonds. The summed E-state index contributed by atoms with van der Waals surface area (Å²) in [6, 6.07) is 18.5. The third-order valence-electron chi connectivity index (χ3n) is 6.49. The smallest absolute Gasteiger partial charge is 0.254 e. The Bertz CT molecular complexity index is 1200. The van der Waals surface area contributed by atoms with Crippen molar-refractivity contribution in [1.29, 1.82) is 0 Å². The van der Waals surface area contributed by atoms with Gasteiger partial charge in [0.05, 0.1) is 24.2 Å². The fourth-order valence-electron chi connectivity index (χ4n) is 4.72. The van der Waals surface area contributed by atoms with Crippen LogP contribution in [0.3, 0.4) is 0 Å². The predicted molar refractivity (Wildman–Crippen MR) is 133 cm³/mol. The topological polar surface area (TPSA) is 72.3 Å². The minimum absolute atomic E-state index is 0.0493. The molecule has 0 spiro atoms. The second-order valence-corrected chi connectivity index (χ2v) is 11.2. The van der Waals surface area contributed by atoms with Crippen LogP contribution in [0.4, 0.5) is 0 Å². The van der Waals surface area contributed by atoms with Crippen LogP contribution in [0.25, 0.3) is 0 Å². The number of carbonyl (C=O) groups is 1. The van der Waals surface area contributed by atoms with E-state index < -0.39 is 9.84 Å². The van der Waals surface area contributed by atoms with E-state index >= 15 is 0 Å². The lowest BCUT2D eigenvalue weighted by atomic mass is 9.95. The molecular formula is C27H33N3O3S. The van der Waals surface area contributed by atoms with Gasteiger partial charge in [-0.2, -0.15) is 0 Å². The lowest BCUT2D eigenvalue weighted by Crippen LogP contribution is -2.37. The van der Waals surface area contributed by atoms with E-state index in [1.807, 2.05) is 79.1 Å². The lowest BCUT2D eigenvalue weighted by Gasteiger charge is -2.30. The molecule has 7 heteroatoms. The molecule has 1 heterocycles. The summed E-state index contributed by atoms with van der Waals surface area (Å²) >= 11 is 0. The summed E-state index contributed by atoms with van der Waals surface area (Å²) in [5, 5.41) is 0.120. The fraction of sp³-hybridized carbons (Fsp3) is 0.407. The van der Waals surface area contributed by atoms with E-state index in [0.29, 0.717) is 12.1 Å². The molecule has 0 aliphatic heterocycles. The maximum absolute atomic E-state index is 13.5. The average Bonchev–Trinajstić information content (AvgIpc) is 3.28. The van der Waals surface area contributed by atoms with Crippen LogP contribution in [0.5, 0.6) is 0 Å². The number of benzene rings is 2. The summed E-state index contributed by atoms with van der Waals surface area (Å²) in [6.07, 6.45) is 6.79. The molecule has 0 bridgehead atoms. The highest BCUT2D eigenvalue weighted by atomic mass is 32.2. The molecule has 1 aromatic heterocycles. The summed E-state index contributed by atoms with van der Waals surface area (Å²) in [4.78, 5) is 19.5. The van der Waals surface area contributed by atoms with Crippen LogP contribution in [0.2, 0.25) is 0 Å². The number of imidazole rings is 1. The number of hydrogen-bond acceptors (Lipinski definition) is 4. The van der Waals surface area contributed by atoms with Gasteiger partial charge in [-0.3, -0.25) is 4.79 Å². The molecule has 6 nitrogen and oxygen atoms in total. The zero-order chi connectivity index (χ0) is 24.1. The monoisotopic (exact) mass is 479 g/mol. The summed E-state index contributed by atoms with van der Waals surface area (Å²) in [6.45, 7) is 4.28. The van der Waals surface area contributed by atoms with Crippen LogP contribution in [0, 0.1) is 0 Å². The molecule has 1 aliphatic rings. The van der Waals surface area contributed by atoms with Crippen molar-refractivity contribution in [3.63, 3.8) is 0 Å². The van der Waals surface area contributed by atoms with Crippen molar-refractivity contribution in [3.05, 3.63) is 83.7 Å². The number of carbonyl (C=O) groups excluding carboxylic acids is 1. The van der Waals surface area contributed by atoms with Gasteiger partial charge < -0.3 is 9.47 Å². The highest BCUT2D eigenvalue weighted by Gasteiger charge is 2.30. The number of amides is 1. The fourth-order valence-corrected chi connectivity index (χ4v) is 6.26. The van der Waals surface area contributed by atoms with Crippen molar-refractivity contribution in [2.24, 2.45) is 0 Å². The van der Waals surface area contributed by atoms with E-state index in [4.69, 9.17) is 0 Å². The van der Waals surface area contributed by atoms with Gasteiger partial charge in [-0.15, -0.1) is 0 Å². The van der Waals surface area contributed by atoms with Crippen molar-refractivity contribution < 1.29 is 13.2 Å². The Morgan fingerprint density at radius 3 is 2.24 bits per heavy atom. The first-order chi connectivity index (χ1) is 16.4. The molecule has 180 valence electrons. The molecule has 1 saturated carbocycles. The molecule has 0 saturated heterocycles. The average molecular weight is 480 g/mol. The normalized spacial score (nSPS) is 14.9. The minimum Gasteiger partial charge on any atom is -0.330 e. The zero-order valence-corrected chi connectivity index (χ0v) is 20.7.